The monoisotopic (exact) mass is 413 g/mol. The summed E-state index contributed by atoms with van der Waals surface area (Å²) in [5.74, 6) is -6.27. The largest absolute Gasteiger partial charge is 0.408 e. The number of nitrogens with zero attached hydrogens (tertiary/aromatic N) is 3. The van der Waals surface area contributed by atoms with Gasteiger partial charge in [-0.05, 0) is 34.1 Å². The Morgan fingerprint density at radius 3 is 2.21 bits per heavy atom. The lowest BCUT2D eigenvalue weighted by Gasteiger charge is -2.28. The molecule has 1 aliphatic rings. The topological polar surface area (TPSA) is 83.0 Å². The van der Waals surface area contributed by atoms with Gasteiger partial charge in [-0.1, -0.05) is 0 Å². The number of alkyl halides is 5. The fourth-order valence-electron chi connectivity index (χ4n) is 2.36. The number of halogens is 6. The highest BCUT2D eigenvalue weighted by atomic mass is 19.4. The summed E-state index contributed by atoms with van der Waals surface area (Å²) < 4.78 is 79.8. The molecule has 1 heterocycles. The van der Waals surface area contributed by atoms with Crippen molar-refractivity contribution in [2.45, 2.75) is 70.3 Å². The van der Waals surface area contributed by atoms with Crippen molar-refractivity contribution in [2.75, 3.05) is 10.6 Å². The number of rotatable bonds is 4. The van der Waals surface area contributed by atoms with Gasteiger partial charge in [-0.2, -0.15) is 28.1 Å². The molecule has 158 valence electrons. The summed E-state index contributed by atoms with van der Waals surface area (Å²) in [5.41, 5.74) is -1.00. The van der Waals surface area contributed by atoms with Gasteiger partial charge in [0.2, 0.25) is 11.9 Å². The Kier molecular flexibility index (Phi) is 5.84. The van der Waals surface area contributed by atoms with Crippen molar-refractivity contribution in [3.63, 3.8) is 0 Å². The van der Waals surface area contributed by atoms with Gasteiger partial charge in [-0.25, -0.2) is 13.2 Å². The molecule has 1 aromatic heterocycles. The number of hydrogen-bond acceptors (Lipinski definition) is 6. The molecule has 2 rings (SSSR count). The summed E-state index contributed by atoms with van der Waals surface area (Å²) in [6, 6.07) is -2.02. The normalized spacial score (nSPS) is 21.5. The minimum absolute atomic E-state index is 0.165. The van der Waals surface area contributed by atoms with E-state index in [1.54, 1.807) is 20.8 Å². The molecular weight excluding hydrogens is 392 g/mol. The van der Waals surface area contributed by atoms with Crippen molar-refractivity contribution < 1.29 is 31.4 Å². The van der Waals surface area contributed by atoms with E-state index >= 15 is 0 Å². The van der Waals surface area contributed by atoms with Gasteiger partial charge in [0, 0.05) is 17.5 Å². The number of aromatic nitrogens is 3. The third-order valence-electron chi connectivity index (χ3n) is 3.87. The van der Waals surface area contributed by atoms with Gasteiger partial charge in [-0.15, -0.1) is 0 Å². The first kappa shape index (κ1) is 22.2. The molecule has 0 radical (unpaired) electrons. The maximum atomic E-state index is 14.3. The van der Waals surface area contributed by atoms with Crippen LogP contribution in [0.25, 0.3) is 5.57 Å². The van der Waals surface area contributed by atoms with Gasteiger partial charge >= 0.3 is 6.18 Å². The number of hydrogen-bond donors (Lipinski definition) is 3. The molecule has 0 aromatic carbocycles. The van der Waals surface area contributed by atoms with Crippen LogP contribution in [0.4, 0.5) is 38.2 Å². The van der Waals surface area contributed by atoms with E-state index in [2.05, 4.69) is 20.3 Å². The van der Waals surface area contributed by atoms with Gasteiger partial charge in [0.05, 0.1) is 0 Å². The van der Waals surface area contributed by atoms with E-state index < -0.39 is 65.8 Å². The first-order valence-electron chi connectivity index (χ1n) is 8.42. The van der Waals surface area contributed by atoms with Crippen LogP contribution in [0.2, 0.25) is 0 Å². The van der Waals surface area contributed by atoms with Crippen molar-refractivity contribution in [2.24, 2.45) is 0 Å². The Morgan fingerprint density at radius 1 is 1.11 bits per heavy atom. The molecule has 28 heavy (non-hydrogen) atoms. The van der Waals surface area contributed by atoms with Gasteiger partial charge in [0.25, 0.3) is 5.92 Å². The third kappa shape index (κ3) is 5.24. The SMILES string of the molecule is C[C@@H](Nc1nc(NC(C)(C)C)nc(C2=C(F)C(O)C(F)(F)CC2)n1)C(F)(F)F. The Hall–Kier alpha value is -2.11. The highest BCUT2D eigenvalue weighted by molar-refractivity contribution is 5.66. The van der Waals surface area contributed by atoms with Crippen LogP contribution >= 0.6 is 0 Å². The fraction of sp³-hybridized carbons (Fsp3) is 0.688. The number of aliphatic hydroxyl groups is 1. The van der Waals surface area contributed by atoms with E-state index in [1.165, 1.54) is 0 Å². The highest BCUT2D eigenvalue weighted by Crippen LogP contribution is 2.41. The van der Waals surface area contributed by atoms with Crippen molar-refractivity contribution >= 4 is 17.5 Å². The van der Waals surface area contributed by atoms with Crippen LogP contribution in [0.15, 0.2) is 5.83 Å². The van der Waals surface area contributed by atoms with Gasteiger partial charge in [-0.3, -0.25) is 0 Å². The molecule has 0 bridgehead atoms. The first-order valence-corrected chi connectivity index (χ1v) is 8.42. The minimum atomic E-state index is -4.60. The second kappa shape index (κ2) is 7.37. The lowest BCUT2D eigenvalue weighted by Crippen LogP contribution is -2.37. The zero-order valence-corrected chi connectivity index (χ0v) is 15.6. The third-order valence-corrected chi connectivity index (χ3v) is 3.87. The quantitative estimate of drug-likeness (QED) is 0.650. The molecule has 0 saturated carbocycles. The molecule has 0 spiro atoms. The van der Waals surface area contributed by atoms with Crippen molar-refractivity contribution in [1.29, 1.82) is 0 Å². The van der Waals surface area contributed by atoms with Gasteiger partial charge < -0.3 is 15.7 Å². The summed E-state index contributed by atoms with van der Waals surface area (Å²) in [6.07, 6.45) is -8.62. The van der Waals surface area contributed by atoms with E-state index in [0.29, 0.717) is 0 Å². The Morgan fingerprint density at radius 2 is 1.68 bits per heavy atom. The smallest absolute Gasteiger partial charge is 0.380 e. The lowest BCUT2D eigenvalue weighted by atomic mass is 9.92. The molecule has 2 atom stereocenters. The highest BCUT2D eigenvalue weighted by Gasteiger charge is 2.46. The standard InChI is InChI=1S/C16H21F6N5O/c1-7(16(20,21)22)23-12-24-11(25-13(26-12)27-14(2,3)4)8-5-6-15(18,19)10(28)9(8)17/h7,10,28H,5-6H2,1-4H3,(H2,23,24,25,26,27)/t7-,10?/m1/s1. The zero-order valence-electron chi connectivity index (χ0n) is 15.6. The predicted octanol–water partition coefficient (Wildman–Crippen LogP) is 3.92. The molecular formula is C16H21F6N5O. The molecule has 1 unspecified atom stereocenters. The average Bonchev–Trinajstić information content (AvgIpc) is 2.50. The molecule has 0 fully saturated rings. The van der Waals surface area contributed by atoms with Crippen molar-refractivity contribution in [3.05, 3.63) is 11.7 Å². The van der Waals surface area contributed by atoms with Crippen LogP contribution in [0.3, 0.4) is 0 Å². The molecule has 0 saturated heterocycles. The van der Waals surface area contributed by atoms with E-state index in [1.807, 2.05) is 5.32 Å². The Balaban J connectivity index is 2.50. The molecule has 0 aliphatic heterocycles. The number of allylic oxidation sites excluding steroid dienone is 1. The van der Waals surface area contributed by atoms with E-state index in [-0.39, 0.29) is 5.95 Å². The Labute approximate surface area is 157 Å². The number of anilines is 2. The molecule has 0 amide bonds. The second-order valence-electron chi connectivity index (χ2n) is 7.58. The fourth-order valence-corrected chi connectivity index (χ4v) is 2.36. The van der Waals surface area contributed by atoms with Gasteiger partial charge in [0.15, 0.2) is 11.9 Å². The van der Waals surface area contributed by atoms with Crippen LogP contribution < -0.4 is 10.6 Å². The maximum Gasteiger partial charge on any atom is 0.408 e. The molecule has 6 nitrogen and oxygen atoms in total. The molecule has 12 heteroatoms. The van der Waals surface area contributed by atoms with Crippen LogP contribution in [-0.2, 0) is 0 Å². The van der Waals surface area contributed by atoms with Crippen molar-refractivity contribution in [1.82, 2.24) is 15.0 Å². The second-order valence-corrected chi connectivity index (χ2v) is 7.58. The first-order chi connectivity index (χ1) is 12.6. The van der Waals surface area contributed by atoms with Crippen LogP contribution in [0, 0.1) is 0 Å². The summed E-state index contributed by atoms with van der Waals surface area (Å²) >= 11 is 0. The summed E-state index contributed by atoms with van der Waals surface area (Å²) in [4.78, 5) is 11.5. The van der Waals surface area contributed by atoms with Crippen molar-refractivity contribution in [3.8, 4) is 0 Å². The van der Waals surface area contributed by atoms with E-state index in [0.717, 1.165) is 6.92 Å². The van der Waals surface area contributed by atoms with E-state index in [9.17, 15) is 31.4 Å². The molecule has 1 aromatic rings. The zero-order chi connectivity index (χ0) is 21.5. The summed E-state index contributed by atoms with van der Waals surface area (Å²) in [6.45, 7) is 6.02. The van der Waals surface area contributed by atoms with Gasteiger partial charge in [0.1, 0.15) is 11.9 Å². The van der Waals surface area contributed by atoms with Crippen LogP contribution in [0.5, 0.6) is 0 Å². The summed E-state index contributed by atoms with van der Waals surface area (Å²) in [7, 11) is 0. The average molecular weight is 413 g/mol. The number of nitrogens with one attached hydrogen (secondary N) is 2. The lowest BCUT2D eigenvalue weighted by molar-refractivity contribution is -0.138. The Bertz CT molecular complexity index is 759. The van der Waals surface area contributed by atoms with Crippen LogP contribution in [0.1, 0.15) is 46.4 Å². The predicted molar refractivity (Wildman–Crippen MR) is 90.6 cm³/mol. The minimum Gasteiger partial charge on any atom is -0.380 e. The van der Waals surface area contributed by atoms with Crippen LogP contribution in [-0.4, -0.2) is 49.8 Å². The maximum absolute atomic E-state index is 14.3. The summed E-state index contributed by atoms with van der Waals surface area (Å²) in [5, 5.41) is 14.3. The molecule has 1 aliphatic carbocycles. The molecule has 3 N–H and O–H groups in total. The number of aliphatic hydroxyl groups excluding tert-OH is 1. The van der Waals surface area contributed by atoms with E-state index in [4.69, 9.17) is 0 Å².